The molecule has 2 fully saturated rings. The fraction of sp³-hybridized carbons (Fsp3) is 0.600. The number of carbonyl (C=O) groups excluding carboxylic acids is 4. The van der Waals surface area contributed by atoms with E-state index < -0.39 is 6.04 Å². The predicted octanol–water partition coefficient (Wildman–Crippen LogP) is 4.06. The molecule has 1 saturated heterocycles. The van der Waals surface area contributed by atoms with Gasteiger partial charge in [-0.25, -0.2) is 0 Å². The number of hydrogen-bond acceptors (Lipinski definition) is 5. The molecule has 3 heterocycles. The number of benzene rings is 1. The average molecular weight is 522 g/mol. The second-order valence-corrected chi connectivity index (χ2v) is 11.7. The van der Waals surface area contributed by atoms with E-state index in [0.29, 0.717) is 37.1 Å². The van der Waals surface area contributed by atoms with Crippen molar-refractivity contribution in [3.8, 4) is 5.75 Å². The van der Waals surface area contributed by atoms with Crippen LogP contribution in [0.1, 0.15) is 81.6 Å². The SMILES string of the molecule is CCC(=O)[C@@H]1C[C@]23CNC(=O)C[C@H](C)CCCCc4cc(OC)cc5c(C(C)=O)cn(c45)CC(=O)N1[C@@H]2C3. The Balaban J connectivity index is 1.57. The first-order valence-electron chi connectivity index (χ1n) is 14.0. The molecule has 2 amide bonds. The molecule has 204 valence electrons. The maximum absolute atomic E-state index is 13.9. The highest BCUT2D eigenvalue weighted by Crippen LogP contribution is 2.59. The maximum Gasteiger partial charge on any atom is 0.243 e. The van der Waals surface area contributed by atoms with Gasteiger partial charge < -0.3 is 19.5 Å². The summed E-state index contributed by atoms with van der Waals surface area (Å²) in [7, 11) is 1.62. The van der Waals surface area contributed by atoms with Gasteiger partial charge >= 0.3 is 0 Å². The lowest BCUT2D eigenvalue weighted by Crippen LogP contribution is -2.44. The summed E-state index contributed by atoms with van der Waals surface area (Å²) in [6.07, 6.45) is 7.66. The number of Topliss-reactive ketones (excluding diaryl/α,β-unsaturated/α-hetero) is 2. The molecule has 1 aliphatic carbocycles. The highest BCUT2D eigenvalue weighted by molar-refractivity contribution is 6.08. The lowest BCUT2D eigenvalue weighted by molar-refractivity contribution is -0.139. The van der Waals surface area contributed by atoms with E-state index in [9.17, 15) is 19.2 Å². The van der Waals surface area contributed by atoms with E-state index in [2.05, 4.69) is 12.2 Å². The summed E-state index contributed by atoms with van der Waals surface area (Å²) in [4.78, 5) is 54.0. The van der Waals surface area contributed by atoms with Crippen LogP contribution in [0, 0.1) is 11.3 Å². The van der Waals surface area contributed by atoms with E-state index in [0.717, 1.165) is 48.6 Å². The zero-order valence-electron chi connectivity index (χ0n) is 23.0. The van der Waals surface area contributed by atoms with Crippen molar-refractivity contribution in [3.05, 3.63) is 29.5 Å². The lowest BCUT2D eigenvalue weighted by atomic mass is 9.95. The van der Waals surface area contributed by atoms with Crippen molar-refractivity contribution in [2.24, 2.45) is 11.3 Å². The molecule has 1 saturated carbocycles. The summed E-state index contributed by atoms with van der Waals surface area (Å²) in [6, 6.07) is 3.37. The average Bonchev–Trinajstić information content (AvgIpc) is 3.30. The molecular weight excluding hydrogens is 482 g/mol. The summed E-state index contributed by atoms with van der Waals surface area (Å²) in [6.45, 7) is 6.06. The van der Waals surface area contributed by atoms with Gasteiger partial charge in [0, 0.05) is 48.0 Å². The first-order valence-corrected chi connectivity index (χ1v) is 14.0. The van der Waals surface area contributed by atoms with Gasteiger partial charge in [0.15, 0.2) is 11.6 Å². The largest absolute Gasteiger partial charge is 0.497 e. The summed E-state index contributed by atoms with van der Waals surface area (Å²) < 4.78 is 7.47. The van der Waals surface area contributed by atoms with Crippen LogP contribution in [0.25, 0.3) is 10.9 Å². The molecule has 1 N–H and O–H groups in total. The smallest absolute Gasteiger partial charge is 0.243 e. The minimum atomic E-state index is -0.463. The molecule has 2 bridgehead atoms. The van der Waals surface area contributed by atoms with Crippen LogP contribution in [0.15, 0.2) is 18.3 Å². The molecule has 0 spiro atoms. The normalized spacial score (nSPS) is 28.0. The Bertz CT molecular complexity index is 1300. The van der Waals surface area contributed by atoms with Gasteiger partial charge in [0.1, 0.15) is 12.3 Å². The molecule has 2 aromatic rings. The number of aromatic nitrogens is 1. The van der Waals surface area contributed by atoms with Crippen LogP contribution in [0.4, 0.5) is 0 Å². The molecule has 3 aliphatic rings. The minimum Gasteiger partial charge on any atom is -0.497 e. The molecule has 4 atom stereocenters. The van der Waals surface area contributed by atoms with Crippen LogP contribution in [0.2, 0.25) is 0 Å². The van der Waals surface area contributed by atoms with Gasteiger partial charge in [0.05, 0.1) is 18.7 Å². The van der Waals surface area contributed by atoms with Crippen molar-refractivity contribution in [2.45, 2.75) is 90.8 Å². The summed E-state index contributed by atoms with van der Waals surface area (Å²) in [5, 5.41) is 3.92. The summed E-state index contributed by atoms with van der Waals surface area (Å²) >= 11 is 0. The summed E-state index contributed by atoms with van der Waals surface area (Å²) in [5.41, 5.74) is 2.28. The maximum atomic E-state index is 13.9. The van der Waals surface area contributed by atoms with E-state index >= 15 is 0 Å². The van der Waals surface area contributed by atoms with E-state index in [-0.39, 0.29) is 47.3 Å². The standard InChI is InChI=1S/C30H39N3O5/c1-5-25(35)24-13-30-14-26(30)33(24)28(37)16-32-15-23(19(3)34)22-12-21(38-4)11-20(29(22)32)9-7-6-8-18(2)10-27(36)31-17-30/h11-12,15,18,24,26H,5-10,13-14,16-17H2,1-4H3,(H,31,36)/t18-,24+,26-,30+/m1/s1. The number of rotatable bonds is 4. The Hall–Kier alpha value is -3.16. The molecule has 0 unspecified atom stereocenters. The Morgan fingerprint density at radius 2 is 1.97 bits per heavy atom. The third kappa shape index (κ3) is 4.74. The van der Waals surface area contributed by atoms with Crippen LogP contribution in [0.3, 0.4) is 0 Å². The molecule has 38 heavy (non-hydrogen) atoms. The fourth-order valence-electron chi connectivity index (χ4n) is 6.77. The molecule has 8 nitrogen and oxygen atoms in total. The van der Waals surface area contributed by atoms with Crippen LogP contribution in [0.5, 0.6) is 5.75 Å². The number of aryl methyl sites for hydroxylation is 1. The lowest BCUT2D eigenvalue weighted by Gasteiger charge is -2.27. The van der Waals surface area contributed by atoms with Gasteiger partial charge in [-0.05, 0) is 56.2 Å². The predicted molar refractivity (Wildman–Crippen MR) is 144 cm³/mol. The van der Waals surface area contributed by atoms with Crippen LogP contribution >= 0.6 is 0 Å². The highest BCUT2D eigenvalue weighted by Gasteiger charge is 2.66. The molecule has 1 aromatic carbocycles. The topological polar surface area (TPSA) is 97.7 Å². The van der Waals surface area contributed by atoms with E-state index in [1.807, 2.05) is 23.6 Å². The Morgan fingerprint density at radius 3 is 2.68 bits per heavy atom. The van der Waals surface area contributed by atoms with Crippen LogP contribution < -0.4 is 10.1 Å². The molecular formula is C30H39N3O5. The minimum absolute atomic E-state index is 0.0439. The van der Waals surface area contributed by atoms with E-state index in [1.54, 1.807) is 25.1 Å². The first-order chi connectivity index (χ1) is 18.2. The fourth-order valence-corrected chi connectivity index (χ4v) is 6.77. The van der Waals surface area contributed by atoms with E-state index in [1.165, 1.54) is 0 Å². The summed E-state index contributed by atoms with van der Waals surface area (Å²) in [5.74, 6) is 0.894. The Morgan fingerprint density at radius 1 is 1.18 bits per heavy atom. The van der Waals surface area contributed by atoms with Crippen molar-refractivity contribution < 1.29 is 23.9 Å². The third-order valence-electron chi connectivity index (χ3n) is 8.94. The number of nitrogens with zero attached hydrogens (tertiary/aromatic N) is 2. The van der Waals surface area contributed by atoms with Gasteiger partial charge in [-0.3, -0.25) is 19.2 Å². The quantitative estimate of drug-likeness (QED) is 0.612. The number of methoxy groups -OCH3 is 1. The van der Waals surface area contributed by atoms with Gasteiger partial charge in [-0.1, -0.05) is 26.7 Å². The van der Waals surface area contributed by atoms with Crippen LogP contribution in [-0.2, 0) is 27.3 Å². The molecule has 0 radical (unpaired) electrons. The zero-order chi connectivity index (χ0) is 27.2. The molecule has 8 heteroatoms. The second-order valence-electron chi connectivity index (χ2n) is 11.7. The number of ether oxygens (including phenoxy) is 1. The number of ketones is 2. The van der Waals surface area contributed by atoms with Crippen LogP contribution in [-0.4, -0.2) is 58.6 Å². The van der Waals surface area contributed by atoms with Crippen molar-refractivity contribution in [2.75, 3.05) is 13.7 Å². The van der Waals surface area contributed by atoms with Gasteiger partial charge in [-0.15, -0.1) is 0 Å². The number of amides is 2. The Labute approximate surface area is 224 Å². The monoisotopic (exact) mass is 521 g/mol. The van der Waals surface area contributed by atoms with Gasteiger partial charge in [0.2, 0.25) is 11.8 Å². The van der Waals surface area contributed by atoms with Gasteiger partial charge in [0.25, 0.3) is 0 Å². The number of carbonyl (C=O) groups is 4. The number of nitrogens with one attached hydrogen (secondary N) is 1. The highest BCUT2D eigenvalue weighted by atomic mass is 16.5. The first kappa shape index (κ1) is 26.4. The van der Waals surface area contributed by atoms with E-state index in [4.69, 9.17) is 4.74 Å². The molecule has 1 aromatic heterocycles. The molecule has 2 aliphatic heterocycles. The van der Waals surface area contributed by atoms with Crippen molar-refractivity contribution >= 4 is 34.3 Å². The van der Waals surface area contributed by atoms with Crippen molar-refractivity contribution in [1.29, 1.82) is 0 Å². The van der Waals surface area contributed by atoms with Crippen molar-refractivity contribution in [3.63, 3.8) is 0 Å². The number of piperidine rings is 1. The number of hydrogen-bond donors (Lipinski definition) is 1. The third-order valence-corrected chi connectivity index (χ3v) is 8.94. The zero-order valence-corrected chi connectivity index (χ0v) is 23.0. The molecule has 5 rings (SSSR count). The van der Waals surface area contributed by atoms with Gasteiger partial charge in [-0.2, -0.15) is 0 Å². The Kier molecular flexibility index (Phi) is 7.09. The van der Waals surface area contributed by atoms with Crippen molar-refractivity contribution in [1.82, 2.24) is 14.8 Å². The second kappa shape index (κ2) is 10.2.